The van der Waals surface area contributed by atoms with Gasteiger partial charge in [0, 0.05) is 11.6 Å². The number of carbonyl (C=O) groups is 1. The second-order valence-electron chi connectivity index (χ2n) is 5.83. The third kappa shape index (κ3) is 5.33. The van der Waals surface area contributed by atoms with E-state index in [2.05, 4.69) is 26.4 Å². The molecule has 1 aliphatic heterocycles. The second-order valence-corrected chi connectivity index (χ2v) is 6.27. The molecule has 2 unspecified atom stereocenters. The predicted octanol–water partition coefficient (Wildman–Crippen LogP) is 2.58. The van der Waals surface area contributed by atoms with Crippen LogP contribution in [-0.2, 0) is 11.3 Å². The molecule has 2 atom stereocenters. The van der Waals surface area contributed by atoms with Crippen molar-refractivity contribution in [3.05, 3.63) is 64.7 Å². The van der Waals surface area contributed by atoms with Crippen LogP contribution in [0.1, 0.15) is 17.2 Å². The highest BCUT2D eigenvalue weighted by molar-refractivity contribution is 6.30. The zero-order valence-corrected chi connectivity index (χ0v) is 14.6. The highest BCUT2D eigenvalue weighted by Gasteiger charge is 2.34. The fourth-order valence-corrected chi connectivity index (χ4v) is 2.86. The Morgan fingerprint density at radius 1 is 1.15 bits per heavy atom. The average molecular weight is 401 g/mol. The molecular formula is C17H16ClF3N4O2. The van der Waals surface area contributed by atoms with Crippen molar-refractivity contribution >= 4 is 17.5 Å². The van der Waals surface area contributed by atoms with E-state index in [1.165, 1.54) is 24.3 Å². The molecule has 27 heavy (non-hydrogen) atoms. The first kappa shape index (κ1) is 19.4. The van der Waals surface area contributed by atoms with Gasteiger partial charge in [0.25, 0.3) is 0 Å². The summed E-state index contributed by atoms with van der Waals surface area (Å²) >= 11 is 5.99. The van der Waals surface area contributed by atoms with Crippen molar-refractivity contribution in [3.8, 4) is 5.75 Å². The molecule has 0 spiro atoms. The van der Waals surface area contributed by atoms with Crippen molar-refractivity contribution in [2.75, 3.05) is 0 Å². The van der Waals surface area contributed by atoms with Gasteiger partial charge in [0.2, 0.25) is 5.91 Å². The fourth-order valence-electron chi connectivity index (χ4n) is 2.66. The molecule has 10 heteroatoms. The molecule has 0 radical (unpaired) electrons. The van der Waals surface area contributed by atoms with Crippen LogP contribution in [0.4, 0.5) is 13.2 Å². The van der Waals surface area contributed by atoms with Crippen LogP contribution in [-0.4, -0.2) is 18.3 Å². The van der Waals surface area contributed by atoms with Crippen LogP contribution < -0.4 is 26.4 Å². The van der Waals surface area contributed by atoms with Gasteiger partial charge >= 0.3 is 6.36 Å². The number of hydrazine groups is 2. The number of ether oxygens (including phenoxy) is 1. The van der Waals surface area contributed by atoms with Crippen LogP contribution in [0.2, 0.25) is 5.02 Å². The van der Waals surface area contributed by atoms with Crippen LogP contribution in [0.25, 0.3) is 0 Å². The largest absolute Gasteiger partial charge is 0.573 e. The predicted molar refractivity (Wildman–Crippen MR) is 92.4 cm³/mol. The lowest BCUT2D eigenvalue weighted by Gasteiger charge is -2.18. The number of carbonyl (C=O) groups excluding carboxylic acids is 1. The molecule has 0 aliphatic carbocycles. The molecule has 1 fully saturated rings. The average Bonchev–Trinajstić information content (AvgIpc) is 3.09. The fraction of sp³-hybridized carbons (Fsp3) is 0.235. The second kappa shape index (κ2) is 8.13. The highest BCUT2D eigenvalue weighted by Crippen LogP contribution is 2.24. The lowest BCUT2D eigenvalue weighted by atomic mass is 10.0. The Bertz CT molecular complexity index is 802. The van der Waals surface area contributed by atoms with Gasteiger partial charge in [-0.1, -0.05) is 35.9 Å². The van der Waals surface area contributed by atoms with E-state index in [0.717, 1.165) is 5.56 Å². The summed E-state index contributed by atoms with van der Waals surface area (Å²) in [6, 6.07) is 11.5. The molecule has 1 heterocycles. The number of amides is 1. The molecule has 4 N–H and O–H groups in total. The summed E-state index contributed by atoms with van der Waals surface area (Å²) in [6.45, 7) is 0.158. The van der Waals surface area contributed by atoms with E-state index in [0.29, 0.717) is 10.6 Å². The van der Waals surface area contributed by atoms with Gasteiger partial charge in [0.1, 0.15) is 11.8 Å². The number of benzene rings is 2. The minimum atomic E-state index is -4.74. The van der Waals surface area contributed by atoms with Crippen molar-refractivity contribution in [3.63, 3.8) is 0 Å². The Kier molecular flexibility index (Phi) is 5.85. The van der Waals surface area contributed by atoms with E-state index in [-0.39, 0.29) is 24.2 Å². The SMILES string of the molecule is O=C(NCc1ccc(OC(F)(F)F)cc1)C1NNNC1c1cccc(Cl)c1. The minimum absolute atomic E-state index is 0.158. The van der Waals surface area contributed by atoms with Gasteiger partial charge in [-0.15, -0.1) is 13.2 Å². The first-order valence-electron chi connectivity index (χ1n) is 7.96. The quantitative estimate of drug-likeness (QED) is 0.621. The van der Waals surface area contributed by atoms with Crippen molar-refractivity contribution < 1.29 is 22.7 Å². The van der Waals surface area contributed by atoms with Crippen molar-refractivity contribution in [2.45, 2.75) is 25.0 Å². The summed E-state index contributed by atoms with van der Waals surface area (Å²) in [5, 5.41) is 3.30. The Balaban J connectivity index is 1.58. The van der Waals surface area contributed by atoms with Gasteiger partial charge in [-0.2, -0.15) is 5.53 Å². The van der Waals surface area contributed by atoms with E-state index in [9.17, 15) is 18.0 Å². The number of alkyl halides is 3. The molecule has 1 saturated heterocycles. The van der Waals surface area contributed by atoms with E-state index in [1.54, 1.807) is 18.2 Å². The topological polar surface area (TPSA) is 74.4 Å². The molecule has 3 rings (SSSR count). The monoisotopic (exact) mass is 400 g/mol. The maximum absolute atomic E-state index is 12.5. The van der Waals surface area contributed by atoms with Crippen molar-refractivity contribution in [1.29, 1.82) is 0 Å². The number of halogens is 4. The van der Waals surface area contributed by atoms with E-state index >= 15 is 0 Å². The maximum atomic E-state index is 12.5. The standard InChI is InChI=1S/C17H16ClF3N4O2/c18-12-3-1-2-11(8-12)14-15(24-25-23-14)16(26)22-9-10-4-6-13(7-5-10)27-17(19,20)21/h1-8,14-15,23-25H,9H2,(H,22,26). The van der Waals surface area contributed by atoms with Crippen molar-refractivity contribution in [2.24, 2.45) is 0 Å². The number of nitrogens with one attached hydrogen (secondary N) is 4. The van der Waals surface area contributed by atoms with Crippen LogP contribution in [0.3, 0.4) is 0 Å². The lowest BCUT2D eigenvalue weighted by Crippen LogP contribution is -2.44. The molecule has 2 aromatic carbocycles. The zero-order valence-electron chi connectivity index (χ0n) is 13.8. The summed E-state index contributed by atoms with van der Waals surface area (Å²) in [5.41, 5.74) is 9.97. The van der Waals surface area contributed by atoms with Gasteiger partial charge in [-0.05, 0) is 35.4 Å². The number of hydrogen-bond acceptors (Lipinski definition) is 5. The van der Waals surface area contributed by atoms with Crippen LogP contribution in [0, 0.1) is 0 Å². The molecule has 0 aromatic heterocycles. The zero-order chi connectivity index (χ0) is 19.4. The molecule has 1 amide bonds. The van der Waals surface area contributed by atoms with Crippen LogP contribution in [0.5, 0.6) is 5.75 Å². The Labute approximate surface area is 158 Å². The normalized spacial score (nSPS) is 19.7. The molecule has 6 nitrogen and oxygen atoms in total. The molecule has 1 aliphatic rings. The number of hydrogen-bond donors (Lipinski definition) is 4. The van der Waals surface area contributed by atoms with Gasteiger partial charge in [0.15, 0.2) is 0 Å². The van der Waals surface area contributed by atoms with Crippen LogP contribution >= 0.6 is 11.6 Å². The Morgan fingerprint density at radius 3 is 2.56 bits per heavy atom. The summed E-state index contributed by atoms with van der Waals surface area (Å²) < 4.78 is 40.3. The molecule has 2 aromatic rings. The Hall–Kier alpha value is -2.33. The molecule has 0 bridgehead atoms. The smallest absolute Gasteiger partial charge is 0.406 e. The van der Waals surface area contributed by atoms with E-state index in [4.69, 9.17) is 11.6 Å². The minimum Gasteiger partial charge on any atom is -0.406 e. The van der Waals surface area contributed by atoms with Gasteiger partial charge in [0.05, 0.1) is 6.04 Å². The summed E-state index contributed by atoms with van der Waals surface area (Å²) in [6.07, 6.45) is -4.74. The third-order valence-electron chi connectivity index (χ3n) is 3.90. The first-order chi connectivity index (χ1) is 12.8. The molecule has 0 saturated carbocycles. The van der Waals surface area contributed by atoms with E-state index < -0.39 is 12.4 Å². The highest BCUT2D eigenvalue weighted by atomic mass is 35.5. The maximum Gasteiger partial charge on any atom is 0.573 e. The van der Waals surface area contributed by atoms with Gasteiger partial charge in [-0.3, -0.25) is 4.79 Å². The van der Waals surface area contributed by atoms with Gasteiger partial charge in [-0.25, -0.2) is 10.9 Å². The lowest BCUT2D eigenvalue weighted by molar-refractivity contribution is -0.274. The molecular weight excluding hydrogens is 385 g/mol. The summed E-state index contributed by atoms with van der Waals surface area (Å²) in [7, 11) is 0. The Morgan fingerprint density at radius 2 is 1.89 bits per heavy atom. The number of rotatable bonds is 5. The summed E-state index contributed by atoms with van der Waals surface area (Å²) in [5.74, 6) is -0.599. The van der Waals surface area contributed by atoms with E-state index in [1.807, 2.05) is 6.07 Å². The summed E-state index contributed by atoms with van der Waals surface area (Å²) in [4.78, 5) is 12.5. The van der Waals surface area contributed by atoms with Gasteiger partial charge < -0.3 is 10.1 Å². The molecule has 144 valence electrons. The third-order valence-corrected chi connectivity index (χ3v) is 4.14. The van der Waals surface area contributed by atoms with Crippen molar-refractivity contribution in [1.82, 2.24) is 21.7 Å². The van der Waals surface area contributed by atoms with Crippen LogP contribution in [0.15, 0.2) is 48.5 Å². The first-order valence-corrected chi connectivity index (χ1v) is 8.33.